The van der Waals surface area contributed by atoms with Gasteiger partial charge in [0.1, 0.15) is 0 Å². The molecule has 0 saturated carbocycles. The first-order chi connectivity index (χ1) is 8.95. The first-order valence-corrected chi connectivity index (χ1v) is 8.46. The van der Waals surface area contributed by atoms with Gasteiger partial charge in [0.2, 0.25) is 0 Å². The van der Waals surface area contributed by atoms with Crippen LogP contribution in [0.3, 0.4) is 0 Å². The fraction of sp³-hybridized carbons (Fsp3) is 0.600. The smallest absolute Gasteiger partial charge is 0.294 e. The summed E-state index contributed by atoms with van der Waals surface area (Å²) in [5.41, 5.74) is 2.10. The molecule has 0 aliphatic rings. The van der Waals surface area contributed by atoms with E-state index in [9.17, 15) is 8.42 Å². The van der Waals surface area contributed by atoms with Crippen LogP contribution in [0.5, 0.6) is 0 Å². The Morgan fingerprint density at radius 1 is 1.05 bits per heavy atom. The van der Waals surface area contributed by atoms with Gasteiger partial charge in [-0.25, -0.2) is 0 Å². The molecule has 0 fully saturated rings. The lowest BCUT2D eigenvalue weighted by molar-refractivity contribution is 0.483. The lowest BCUT2D eigenvalue weighted by Gasteiger charge is -2.07. The molecule has 0 atom stereocenters. The van der Waals surface area contributed by atoms with Crippen LogP contribution >= 0.6 is 0 Å². The Balaban J connectivity index is 0.00000361. The second-order valence-electron chi connectivity index (χ2n) is 5.08. The standard InChI is InChI=1S/C15H24O3S.H3N/c1-3-4-5-6-7-8-9-14-12-15(19(16,17)18)11-10-13(14)2;/h10-12H,3-9H2,1-2H3,(H,16,17,18);1H3. The van der Waals surface area contributed by atoms with E-state index < -0.39 is 10.1 Å². The van der Waals surface area contributed by atoms with Gasteiger partial charge in [-0.1, -0.05) is 45.1 Å². The van der Waals surface area contributed by atoms with E-state index in [0.29, 0.717) is 0 Å². The normalized spacial score (nSPS) is 11.2. The predicted octanol–water partition coefficient (Wildman–Crippen LogP) is 4.31. The van der Waals surface area contributed by atoms with Crippen LogP contribution in [0, 0.1) is 6.92 Å². The van der Waals surface area contributed by atoms with Crippen molar-refractivity contribution in [1.82, 2.24) is 6.15 Å². The average molecular weight is 301 g/mol. The molecule has 0 heterocycles. The summed E-state index contributed by atoms with van der Waals surface area (Å²) in [6.45, 7) is 4.17. The van der Waals surface area contributed by atoms with Gasteiger partial charge in [0.15, 0.2) is 0 Å². The Morgan fingerprint density at radius 3 is 2.25 bits per heavy atom. The minimum absolute atomic E-state index is 0. The third-order valence-electron chi connectivity index (χ3n) is 3.42. The highest BCUT2D eigenvalue weighted by Gasteiger charge is 2.11. The van der Waals surface area contributed by atoms with Crippen molar-refractivity contribution in [3.05, 3.63) is 29.3 Å². The number of hydrogen-bond donors (Lipinski definition) is 2. The van der Waals surface area contributed by atoms with E-state index in [1.165, 1.54) is 38.2 Å². The molecule has 1 rings (SSSR count). The maximum atomic E-state index is 11.1. The molecular weight excluding hydrogens is 274 g/mol. The van der Waals surface area contributed by atoms with E-state index in [2.05, 4.69) is 6.92 Å². The number of hydrogen-bond acceptors (Lipinski definition) is 3. The number of aryl methyl sites for hydroxylation is 2. The van der Waals surface area contributed by atoms with Crippen LogP contribution in [0.25, 0.3) is 0 Å². The quantitative estimate of drug-likeness (QED) is 0.553. The van der Waals surface area contributed by atoms with E-state index in [1.807, 2.05) is 6.92 Å². The van der Waals surface area contributed by atoms with Crippen molar-refractivity contribution < 1.29 is 13.0 Å². The van der Waals surface area contributed by atoms with E-state index in [0.717, 1.165) is 24.0 Å². The zero-order chi connectivity index (χ0) is 14.3. The van der Waals surface area contributed by atoms with Crippen molar-refractivity contribution in [1.29, 1.82) is 0 Å². The molecule has 0 spiro atoms. The van der Waals surface area contributed by atoms with Crippen molar-refractivity contribution >= 4 is 10.1 Å². The molecule has 0 unspecified atom stereocenters. The van der Waals surface area contributed by atoms with Gasteiger partial charge < -0.3 is 6.15 Å². The topological polar surface area (TPSA) is 89.4 Å². The Labute approximate surface area is 122 Å². The lowest BCUT2D eigenvalue weighted by Crippen LogP contribution is -2.00. The predicted molar refractivity (Wildman–Crippen MR) is 83.1 cm³/mol. The molecular formula is C15H27NO3S. The second-order valence-corrected chi connectivity index (χ2v) is 6.50. The molecule has 0 aliphatic carbocycles. The summed E-state index contributed by atoms with van der Waals surface area (Å²) < 4.78 is 31.2. The van der Waals surface area contributed by atoms with Gasteiger partial charge >= 0.3 is 0 Å². The number of unbranched alkanes of at least 4 members (excludes halogenated alkanes) is 5. The number of benzene rings is 1. The SMILES string of the molecule is CCCCCCCCc1cc(S(=O)(=O)O)ccc1C.N. The highest BCUT2D eigenvalue weighted by atomic mass is 32.2. The maximum absolute atomic E-state index is 11.1. The summed E-state index contributed by atoms with van der Waals surface area (Å²) in [5, 5.41) is 0. The van der Waals surface area contributed by atoms with Gasteiger partial charge in [0, 0.05) is 0 Å². The Kier molecular flexibility index (Phi) is 8.69. The first-order valence-electron chi connectivity index (χ1n) is 7.02. The van der Waals surface area contributed by atoms with Crippen molar-refractivity contribution in [3.8, 4) is 0 Å². The number of rotatable bonds is 8. The molecule has 20 heavy (non-hydrogen) atoms. The highest BCUT2D eigenvalue weighted by Crippen LogP contribution is 2.18. The van der Waals surface area contributed by atoms with Crippen molar-refractivity contribution in [2.75, 3.05) is 0 Å². The van der Waals surface area contributed by atoms with Crippen molar-refractivity contribution in [2.45, 2.75) is 63.7 Å². The molecule has 0 saturated heterocycles. The van der Waals surface area contributed by atoms with E-state index >= 15 is 0 Å². The van der Waals surface area contributed by atoms with Gasteiger partial charge in [-0.2, -0.15) is 8.42 Å². The van der Waals surface area contributed by atoms with Gasteiger partial charge in [-0.3, -0.25) is 4.55 Å². The maximum Gasteiger partial charge on any atom is 0.294 e. The molecule has 4 nitrogen and oxygen atoms in total. The molecule has 4 N–H and O–H groups in total. The molecule has 1 aromatic carbocycles. The zero-order valence-corrected chi connectivity index (χ0v) is 13.4. The van der Waals surface area contributed by atoms with Crippen molar-refractivity contribution in [2.24, 2.45) is 0 Å². The zero-order valence-electron chi connectivity index (χ0n) is 12.6. The Hall–Kier alpha value is -0.910. The third-order valence-corrected chi connectivity index (χ3v) is 4.27. The molecule has 0 bridgehead atoms. The average Bonchev–Trinajstić information content (AvgIpc) is 2.34. The summed E-state index contributed by atoms with van der Waals surface area (Å²) in [6.07, 6.45) is 8.18. The molecule has 0 aromatic heterocycles. The largest absolute Gasteiger partial charge is 0.344 e. The van der Waals surface area contributed by atoms with E-state index in [1.54, 1.807) is 12.1 Å². The highest BCUT2D eigenvalue weighted by molar-refractivity contribution is 7.85. The van der Waals surface area contributed by atoms with Crippen LogP contribution in [0.15, 0.2) is 23.1 Å². The molecule has 116 valence electrons. The summed E-state index contributed by atoms with van der Waals surface area (Å²) in [7, 11) is -4.08. The summed E-state index contributed by atoms with van der Waals surface area (Å²) >= 11 is 0. The van der Waals surface area contributed by atoms with Crippen LogP contribution < -0.4 is 6.15 Å². The van der Waals surface area contributed by atoms with Crippen LogP contribution in [-0.2, 0) is 16.5 Å². The summed E-state index contributed by atoms with van der Waals surface area (Å²) in [4.78, 5) is -0.000849. The van der Waals surface area contributed by atoms with E-state index in [4.69, 9.17) is 4.55 Å². The fourth-order valence-corrected chi connectivity index (χ4v) is 2.70. The molecule has 0 aliphatic heterocycles. The Morgan fingerprint density at radius 2 is 1.65 bits per heavy atom. The molecule has 0 radical (unpaired) electrons. The summed E-state index contributed by atoms with van der Waals surface area (Å²) in [5.74, 6) is 0. The van der Waals surface area contributed by atoms with Crippen LogP contribution in [0.1, 0.15) is 56.6 Å². The monoisotopic (exact) mass is 301 g/mol. The second kappa shape index (κ2) is 9.10. The Bertz CT molecular complexity index is 498. The fourth-order valence-electron chi connectivity index (χ4n) is 2.17. The third kappa shape index (κ3) is 6.50. The minimum Gasteiger partial charge on any atom is -0.344 e. The van der Waals surface area contributed by atoms with Gasteiger partial charge in [-0.05, 0) is 43.0 Å². The molecule has 0 amide bonds. The molecule has 5 heteroatoms. The van der Waals surface area contributed by atoms with Crippen LogP contribution in [-0.4, -0.2) is 13.0 Å². The van der Waals surface area contributed by atoms with Crippen molar-refractivity contribution in [3.63, 3.8) is 0 Å². The van der Waals surface area contributed by atoms with Gasteiger partial charge in [-0.15, -0.1) is 0 Å². The van der Waals surface area contributed by atoms with Crippen LogP contribution in [0.4, 0.5) is 0 Å². The van der Waals surface area contributed by atoms with E-state index in [-0.39, 0.29) is 11.0 Å². The minimum atomic E-state index is -4.08. The van der Waals surface area contributed by atoms with Gasteiger partial charge in [0.25, 0.3) is 10.1 Å². The van der Waals surface area contributed by atoms with Crippen LogP contribution in [0.2, 0.25) is 0 Å². The lowest BCUT2D eigenvalue weighted by atomic mass is 10.0. The molecule has 1 aromatic rings. The summed E-state index contributed by atoms with van der Waals surface area (Å²) in [6, 6.07) is 4.81. The van der Waals surface area contributed by atoms with Gasteiger partial charge in [0.05, 0.1) is 4.90 Å². The first kappa shape index (κ1) is 19.1.